The second-order valence-electron chi connectivity index (χ2n) is 1.48. The first-order chi connectivity index (χ1) is 5.58. The first-order valence-electron chi connectivity index (χ1n) is 3.04. The number of nitrogens with zero attached hydrogens (tertiary/aromatic N) is 2. The molecule has 0 heterocycles. The average Bonchev–Trinajstić information content (AvgIpc) is 2.06. The summed E-state index contributed by atoms with van der Waals surface area (Å²) in [6, 6.07) is 3.50. The topological polar surface area (TPSA) is 56.8 Å². The smallest absolute Gasteiger partial charge is 0.189 e. The third kappa shape index (κ3) is 15.9. The molecular formula is C8H9BrN2O. The zero-order valence-electron chi connectivity index (χ0n) is 6.80. The lowest BCUT2D eigenvalue weighted by atomic mass is 10.6. The van der Waals surface area contributed by atoms with Crippen molar-refractivity contribution in [1.29, 1.82) is 10.5 Å². The zero-order valence-corrected chi connectivity index (χ0v) is 8.39. The molecule has 0 saturated heterocycles. The van der Waals surface area contributed by atoms with Gasteiger partial charge in [-0.25, -0.2) is 0 Å². The molecule has 0 unspecified atom stereocenters. The number of halogens is 1. The molecule has 64 valence electrons. The molecule has 0 bridgehead atoms. The predicted molar refractivity (Wildman–Crippen MR) is 50.1 cm³/mol. The van der Waals surface area contributed by atoms with Crippen molar-refractivity contribution in [3.05, 3.63) is 23.4 Å². The van der Waals surface area contributed by atoms with Gasteiger partial charge in [-0.1, -0.05) is 6.58 Å². The minimum Gasteiger partial charge on any atom is -0.484 e. The van der Waals surface area contributed by atoms with E-state index in [1.807, 2.05) is 6.92 Å². The Kier molecular flexibility index (Phi) is 10.8. The van der Waals surface area contributed by atoms with Crippen LogP contribution in [0.3, 0.4) is 0 Å². The lowest BCUT2D eigenvalue weighted by molar-refractivity contribution is 0.247. The summed E-state index contributed by atoms with van der Waals surface area (Å²) < 4.78 is 5.01. The molecule has 12 heavy (non-hydrogen) atoms. The Balaban J connectivity index is 0. The van der Waals surface area contributed by atoms with Gasteiger partial charge in [0.2, 0.25) is 0 Å². The van der Waals surface area contributed by atoms with Crippen LogP contribution in [0.2, 0.25) is 0 Å². The maximum absolute atomic E-state index is 7.99. The molecule has 0 N–H and O–H groups in total. The van der Waals surface area contributed by atoms with Crippen LogP contribution in [-0.2, 0) is 4.74 Å². The second kappa shape index (κ2) is 9.74. The zero-order chi connectivity index (χ0) is 9.98. The largest absolute Gasteiger partial charge is 0.484 e. The normalized spacial score (nSPS) is 6.33. The summed E-state index contributed by atoms with van der Waals surface area (Å²) in [5.41, 5.74) is 0. The molecule has 0 spiro atoms. The van der Waals surface area contributed by atoms with Crippen LogP contribution >= 0.6 is 15.9 Å². The lowest BCUT2D eigenvalue weighted by Crippen LogP contribution is -1.83. The summed E-state index contributed by atoms with van der Waals surface area (Å²) in [5, 5.41) is 15.7. The molecular weight excluding hydrogens is 220 g/mol. The maximum atomic E-state index is 7.99. The summed E-state index contributed by atoms with van der Waals surface area (Å²) in [6.07, 6.45) is 0. The summed E-state index contributed by atoms with van der Waals surface area (Å²) in [4.78, 5) is 0. The summed E-state index contributed by atoms with van der Waals surface area (Å²) in [6.45, 7) is 8.84. The van der Waals surface area contributed by atoms with E-state index in [-0.39, 0.29) is 5.76 Å². The van der Waals surface area contributed by atoms with Gasteiger partial charge in [-0.2, -0.15) is 10.5 Å². The van der Waals surface area contributed by atoms with E-state index in [0.717, 1.165) is 0 Å². The van der Waals surface area contributed by atoms with Gasteiger partial charge in [0.05, 0.1) is 11.1 Å². The number of ether oxygens (including phenoxy) is 1. The molecule has 0 rings (SSSR count). The van der Waals surface area contributed by atoms with Crippen molar-refractivity contribution in [2.45, 2.75) is 6.92 Å². The number of hydrogen-bond donors (Lipinski definition) is 0. The standard InChI is InChI=1S/C5H7NO.C3H2BrN/c1-3-7-5(2)4-6;1-3(4)2-5/h2-3H2,1H3;1H2. The van der Waals surface area contributed by atoms with E-state index in [1.165, 1.54) is 0 Å². The van der Waals surface area contributed by atoms with E-state index in [9.17, 15) is 0 Å². The molecule has 0 aliphatic heterocycles. The van der Waals surface area contributed by atoms with E-state index >= 15 is 0 Å². The molecule has 0 aromatic carbocycles. The van der Waals surface area contributed by atoms with Gasteiger partial charge in [-0.15, -0.1) is 0 Å². The van der Waals surface area contributed by atoms with Crippen LogP contribution in [0.1, 0.15) is 6.92 Å². The van der Waals surface area contributed by atoms with E-state index in [0.29, 0.717) is 11.1 Å². The second-order valence-corrected chi connectivity index (χ2v) is 2.44. The molecule has 3 nitrogen and oxygen atoms in total. The highest BCUT2D eigenvalue weighted by Crippen LogP contribution is 1.93. The van der Waals surface area contributed by atoms with E-state index in [4.69, 9.17) is 10.5 Å². The number of hydrogen-bond acceptors (Lipinski definition) is 3. The number of allylic oxidation sites excluding steroid dienone is 2. The Morgan fingerprint density at radius 1 is 1.42 bits per heavy atom. The minimum atomic E-state index is 0.183. The molecule has 0 aliphatic carbocycles. The van der Waals surface area contributed by atoms with Crippen LogP contribution < -0.4 is 0 Å². The molecule has 0 aromatic rings. The SMILES string of the molecule is C=C(Br)C#N.C=C(C#N)OCC. The fourth-order valence-corrected chi connectivity index (χ4v) is 0.207. The molecule has 0 atom stereocenters. The Labute approximate surface area is 80.7 Å². The van der Waals surface area contributed by atoms with Gasteiger partial charge in [0.15, 0.2) is 5.76 Å². The van der Waals surface area contributed by atoms with Crippen molar-refractivity contribution in [3.8, 4) is 12.1 Å². The summed E-state index contributed by atoms with van der Waals surface area (Å²) in [7, 11) is 0. The van der Waals surface area contributed by atoms with Crippen LogP contribution in [0, 0.1) is 22.7 Å². The Hall–Kier alpha value is -1.26. The van der Waals surface area contributed by atoms with E-state index in [1.54, 1.807) is 12.1 Å². The van der Waals surface area contributed by atoms with Gasteiger partial charge in [0, 0.05) is 0 Å². The third-order valence-corrected chi connectivity index (χ3v) is 0.742. The first kappa shape index (κ1) is 13.3. The highest BCUT2D eigenvalue weighted by Gasteiger charge is 1.81. The van der Waals surface area contributed by atoms with Crippen LogP contribution in [-0.4, -0.2) is 6.61 Å². The Morgan fingerprint density at radius 2 is 1.83 bits per heavy atom. The van der Waals surface area contributed by atoms with E-state index in [2.05, 4.69) is 33.8 Å². The first-order valence-corrected chi connectivity index (χ1v) is 3.84. The van der Waals surface area contributed by atoms with Crippen molar-refractivity contribution in [3.63, 3.8) is 0 Å². The summed E-state index contributed by atoms with van der Waals surface area (Å²) >= 11 is 2.82. The van der Waals surface area contributed by atoms with E-state index < -0.39 is 0 Å². The van der Waals surface area contributed by atoms with Gasteiger partial charge in [0.25, 0.3) is 0 Å². The van der Waals surface area contributed by atoms with Crippen LogP contribution in [0.5, 0.6) is 0 Å². The highest BCUT2D eigenvalue weighted by atomic mass is 79.9. The Bertz CT molecular complexity index is 234. The number of rotatable bonds is 2. The van der Waals surface area contributed by atoms with Crippen molar-refractivity contribution in [2.24, 2.45) is 0 Å². The quantitative estimate of drug-likeness (QED) is 0.539. The average molecular weight is 229 g/mol. The van der Waals surface area contributed by atoms with Gasteiger partial charge in [0.1, 0.15) is 12.1 Å². The fourth-order valence-electron chi connectivity index (χ4n) is 0.207. The van der Waals surface area contributed by atoms with Gasteiger partial charge in [-0.3, -0.25) is 0 Å². The molecule has 0 aromatic heterocycles. The van der Waals surface area contributed by atoms with Crippen LogP contribution in [0.25, 0.3) is 0 Å². The number of nitriles is 2. The molecule has 0 amide bonds. The predicted octanol–water partition coefficient (Wildman–Crippen LogP) is 2.48. The van der Waals surface area contributed by atoms with Crippen molar-refractivity contribution >= 4 is 15.9 Å². The molecule has 0 radical (unpaired) electrons. The van der Waals surface area contributed by atoms with Gasteiger partial charge in [-0.05, 0) is 29.4 Å². The molecule has 0 fully saturated rings. The summed E-state index contributed by atoms with van der Waals surface area (Å²) in [5.74, 6) is 0.183. The minimum absolute atomic E-state index is 0.183. The molecule has 0 aliphatic rings. The van der Waals surface area contributed by atoms with Crippen molar-refractivity contribution in [2.75, 3.05) is 6.61 Å². The van der Waals surface area contributed by atoms with Gasteiger partial charge >= 0.3 is 0 Å². The van der Waals surface area contributed by atoms with Crippen molar-refractivity contribution in [1.82, 2.24) is 0 Å². The fraction of sp³-hybridized carbons (Fsp3) is 0.250. The van der Waals surface area contributed by atoms with Crippen LogP contribution in [0.15, 0.2) is 23.4 Å². The van der Waals surface area contributed by atoms with Crippen LogP contribution in [0.4, 0.5) is 0 Å². The molecule has 4 heteroatoms. The lowest BCUT2D eigenvalue weighted by Gasteiger charge is -1.92. The molecule has 0 saturated carbocycles. The highest BCUT2D eigenvalue weighted by molar-refractivity contribution is 9.12. The monoisotopic (exact) mass is 228 g/mol. The maximum Gasteiger partial charge on any atom is 0.189 e. The van der Waals surface area contributed by atoms with Gasteiger partial charge < -0.3 is 4.74 Å². The van der Waals surface area contributed by atoms with Crippen molar-refractivity contribution < 1.29 is 4.74 Å². The Morgan fingerprint density at radius 3 is 1.92 bits per heavy atom. The third-order valence-electron chi connectivity index (χ3n) is 0.565.